The quantitative estimate of drug-likeness (QED) is 0.814. The van der Waals surface area contributed by atoms with Crippen LogP contribution >= 0.6 is 0 Å². The van der Waals surface area contributed by atoms with E-state index >= 15 is 0 Å². The first-order valence-electron chi connectivity index (χ1n) is 5.67. The summed E-state index contributed by atoms with van der Waals surface area (Å²) in [6, 6.07) is 4.29. The molecule has 2 N–H and O–H groups in total. The number of carboxylic acids is 1. The van der Waals surface area contributed by atoms with Gasteiger partial charge in [-0.05, 0) is 44.0 Å². The summed E-state index contributed by atoms with van der Waals surface area (Å²) in [7, 11) is 1.52. The van der Waals surface area contributed by atoms with Crippen molar-refractivity contribution in [2.75, 3.05) is 13.7 Å². The zero-order valence-electron chi connectivity index (χ0n) is 10.8. The molecule has 0 aromatic heterocycles. The molecule has 0 amide bonds. The summed E-state index contributed by atoms with van der Waals surface area (Å²) in [5.41, 5.74) is -0.285. The summed E-state index contributed by atoms with van der Waals surface area (Å²) in [6.45, 7) is 3.59. The molecule has 0 bridgehead atoms. The van der Waals surface area contributed by atoms with Crippen LogP contribution in [0.4, 0.5) is 4.39 Å². The van der Waals surface area contributed by atoms with Crippen LogP contribution in [0, 0.1) is 5.82 Å². The lowest BCUT2D eigenvalue weighted by Crippen LogP contribution is -2.47. The highest BCUT2D eigenvalue weighted by molar-refractivity contribution is 5.77. The molecule has 0 spiro atoms. The third-order valence-electron chi connectivity index (χ3n) is 2.74. The lowest BCUT2D eigenvalue weighted by molar-refractivity contribution is -0.143. The van der Waals surface area contributed by atoms with Gasteiger partial charge in [0.25, 0.3) is 0 Å². The van der Waals surface area contributed by atoms with Crippen molar-refractivity contribution in [3.05, 3.63) is 29.6 Å². The number of carboxylic acid groups (broad SMARTS) is 1. The Kier molecular flexibility index (Phi) is 4.67. The standard InChI is InChI=1S/C13H18FNO3/c1-13(2,12(16)17)15-7-6-9-8-10(14)4-5-11(9)18-3/h4-5,8,15H,6-7H2,1-3H3,(H,16,17). The third-order valence-corrected chi connectivity index (χ3v) is 2.74. The van der Waals surface area contributed by atoms with E-state index in [1.807, 2.05) is 0 Å². The average molecular weight is 255 g/mol. The number of halogens is 1. The minimum absolute atomic E-state index is 0.330. The van der Waals surface area contributed by atoms with E-state index in [0.717, 1.165) is 0 Å². The van der Waals surface area contributed by atoms with E-state index in [4.69, 9.17) is 9.84 Å². The van der Waals surface area contributed by atoms with E-state index in [1.54, 1.807) is 19.9 Å². The summed E-state index contributed by atoms with van der Waals surface area (Å²) in [6.07, 6.45) is 0.498. The molecule has 0 unspecified atom stereocenters. The normalized spacial score (nSPS) is 11.3. The number of rotatable bonds is 6. The molecule has 4 nitrogen and oxygen atoms in total. The molecule has 1 rings (SSSR count). The highest BCUT2D eigenvalue weighted by atomic mass is 19.1. The Hall–Kier alpha value is -1.62. The van der Waals surface area contributed by atoms with Crippen LogP contribution in [0.1, 0.15) is 19.4 Å². The zero-order chi connectivity index (χ0) is 13.8. The van der Waals surface area contributed by atoms with E-state index < -0.39 is 11.5 Å². The van der Waals surface area contributed by atoms with Crippen molar-refractivity contribution in [2.24, 2.45) is 0 Å². The van der Waals surface area contributed by atoms with E-state index in [2.05, 4.69) is 5.32 Å². The number of carbonyl (C=O) groups is 1. The molecule has 0 heterocycles. The molecule has 100 valence electrons. The fourth-order valence-electron chi connectivity index (χ4n) is 1.53. The van der Waals surface area contributed by atoms with Gasteiger partial charge < -0.3 is 15.2 Å². The molecule has 0 atom stereocenters. The Balaban J connectivity index is 2.64. The summed E-state index contributed by atoms with van der Waals surface area (Å²) < 4.78 is 18.2. The lowest BCUT2D eigenvalue weighted by Gasteiger charge is -2.21. The van der Waals surface area contributed by atoms with Gasteiger partial charge in [0.15, 0.2) is 0 Å². The Morgan fingerprint density at radius 2 is 2.17 bits per heavy atom. The van der Waals surface area contributed by atoms with Crippen LogP contribution < -0.4 is 10.1 Å². The third kappa shape index (κ3) is 3.70. The molecule has 0 saturated heterocycles. The Bertz CT molecular complexity index is 432. The number of benzene rings is 1. The van der Waals surface area contributed by atoms with Crippen molar-refractivity contribution >= 4 is 5.97 Å². The van der Waals surface area contributed by atoms with Crippen molar-refractivity contribution in [3.63, 3.8) is 0 Å². The first-order valence-corrected chi connectivity index (χ1v) is 5.67. The molecule has 1 aromatic rings. The topological polar surface area (TPSA) is 58.6 Å². The number of hydrogen-bond donors (Lipinski definition) is 2. The Morgan fingerprint density at radius 3 is 2.72 bits per heavy atom. The molecule has 0 aliphatic heterocycles. The summed E-state index contributed by atoms with van der Waals surface area (Å²) in [4.78, 5) is 10.9. The van der Waals surface area contributed by atoms with Gasteiger partial charge in [-0.25, -0.2) is 4.39 Å². The van der Waals surface area contributed by atoms with Crippen molar-refractivity contribution in [1.29, 1.82) is 0 Å². The molecular weight excluding hydrogens is 237 g/mol. The molecule has 0 radical (unpaired) electrons. The monoisotopic (exact) mass is 255 g/mol. The van der Waals surface area contributed by atoms with Crippen LogP contribution in [-0.2, 0) is 11.2 Å². The summed E-state index contributed by atoms with van der Waals surface area (Å²) in [5.74, 6) is -0.650. The van der Waals surface area contributed by atoms with Gasteiger partial charge in [-0.2, -0.15) is 0 Å². The summed E-state index contributed by atoms with van der Waals surface area (Å²) in [5, 5.41) is 11.8. The second-order valence-corrected chi connectivity index (χ2v) is 4.56. The maximum absolute atomic E-state index is 13.1. The number of methoxy groups -OCH3 is 1. The van der Waals surface area contributed by atoms with Crippen LogP contribution in [-0.4, -0.2) is 30.3 Å². The maximum Gasteiger partial charge on any atom is 0.323 e. The van der Waals surface area contributed by atoms with Gasteiger partial charge in [0.2, 0.25) is 0 Å². The number of aliphatic carboxylic acids is 1. The molecule has 0 aliphatic rings. The van der Waals surface area contributed by atoms with Gasteiger partial charge in [-0.3, -0.25) is 4.79 Å². The number of nitrogens with one attached hydrogen (secondary N) is 1. The van der Waals surface area contributed by atoms with Crippen LogP contribution in [0.15, 0.2) is 18.2 Å². The smallest absolute Gasteiger partial charge is 0.323 e. The van der Waals surface area contributed by atoms with Crippen molar-refractivity contribution < 1.29 is 19.0 Å². The van der Waals surface area contributed by atoms with Gasteiger partial charge in [0.05, 0.1) is 7.11 Å². The highest BCUT2D eigenvalue weighted by Crippen LogP contribution is 2.19. The fraction of sp³-hybridized carbons (Fsp3) is 0.462. The van der Waals surface area contributed by atoms with Crippen molar-refractivity contribution in [3.8, 4) is 5.75 Å². The number of hydrogen-bond acceptors (Lipinski definition) is 3. The first-order chi connectivity index (χ1) is 8.36. The number of ether oxygens (including phenoxy) is 1. The zero-order valence-corrected chi connectivity index (χ0v) is 10.8. The molecule has 1 aromatic carbocycles. The fourth-order valence-corrected chi connectivity index (χ4v) is 1.53. The molecule has 18 heavy (non-hydrogen) atoms. The van der Waals surface area contributed by atoms with Gasteiger partial charge in [0, 0.05) is 6.54 Å². The molecule has 0 aliphatic carbocycles. The van der Waals surface area contributed by atoms with Gasteiger partial charge in [-0.15, -0.1) is 0 Å². The van der Waals surface area contributed by atoms with E-state index in [9.17, 15) is 9.18 Å². The molecule has 0 fully saturated rings. The summed E-state index contributed by atoms with van der Waals surface area (Å²) >= 11 is 0. The van der Waals surface area contributed by atoms with Crippen LogP contribution in [0.3, 0.4) is 0 Å². The predicted octanol–water partition coefficient (Wildman–Crippen LogP) is 1.83. The molecule has 5 heteroatoms. The highest BCUT2D eigenvalue weighted by Gasteiger charge is 2.25. The first kappa shape index (κ1) is 14.4. The maximum atomic E-state index is 13.1. The Labute approximate surface area is 106 Å². The van der Waals surface area contributed by atoms with E-state index in [-0.39, 0.29) is 5.82 Å². The van der Waals surface area contributed by atoms with Gasteiger partial charge in [0.1, 0.15) is 17.1 Å². The average Bonchev–Trinajstić information content (AvgIpc) is 2.29. The lowest BCUT2D eigenvalue weighted by atomic mass is 10.1. The van der Waals surface area contributed by atoms with E-state index in [0.29, 0.717) is 24.3 Å². The second-order valence-electron chi connectivity index (χ2n) is 4.56. The second kappa shape index (κ2) is 5.82. The minimum atomic E-state index is -0.999. The SMILES string of the molecule is COc1ccc(F)cc1CCNC(C)(C)C(=O)O. The van der Waals surface area contributed by atoms with Crippen molar-refractivity contribution in [1.82, 2.24) is 5.32 Å². The minimum Gasteiger partial charge on any atom is -0.496 e. The molecular formula is C13H18FNO3. The molecule has 0 saturated carbocycles. The van der Waals surface area contributed by atoms with Crippen LogP contribution in [0.25, 0.3) is 0 Å². The van der Waals surface area contributed by atoms with Crippen molar-refractivity contribution in [2.45, 2.75) is 25.8 Å². The predicted molar refractivity (Wildman–Crippen MR) is 66.4 cm³/mol. The Morgan fingerprint density at radius 1 is 1.50 bits per heavy atom. The van der Waals surface area contributed by atoms with Gasteiger partial charge >= 0.3 is 5.97 Å². The van der Waals surface area contributed by atoms with Crippen LogP contribution in [0.5, 0.6) is 5.75 Å². The largest absolute Gasteiger partial charge is 0.496 e. The van der Waals surface area contributed by atoms with Gasteiger partial charge in [-0.1, -0.05) is 0 Å². The van der Waals surface area contributed by atoms with Crippen LogP contribution in [0.2, 0.25) is 0 Å². The van der Waals surface area contributed by atoms with E-state index in [1.165, 1.54) is 19.2 Å².